The zero-order valence-corrected chi connectivity index (χ0v) is 13.0. The van der Waals surface area contributed by atoms with Gasteiger partial charge in [0, 0.05) is 25.0 Å². The van der Waals surface area contributed by atoms with Crippen LogP contribution >= 0.6 is 0 Å². The average molecular weight is 307 g/mol. The molecule has 116 valence electrons. The maximum atomic E-state index is 12.5. The SMILES string of the molecule is C[C@@H](c1ccc(-n2cncn2)cc1)N(C)C(=O)c1ccncc1. The molecule has 6 nitrogen and oxygen atoms in total. The molecule has 0 spiro atoms. The van der Waals surface area contributed by atoms with Gasteiger partial charge in [0.1, 0.15) is 12.7 Å². The fourth-order valence-electron chi connectivity index (χ4n) is 2.34. The van der Waals surface area contributed by atoms with E-state index in [2.05, 4.69) is 15.1 Å². The van der Waals surface area contributed by atoms with Crippen molar-refractivity contribution >= 4 is 5.91 Å². The van der Waals surface area contributed by atoms with Crippen molar-refractivity contribution in [3.8, 4) is 5.69 Å². The Bertz CT molecular complexity index is 769. The number of aromatic nitrogens is 4. The van der Waals surface area contributed by atoms with E-state index in [1.165, 1.54) is 6.33 Å². The molecule has 1 atom stereocenters. The van der Waals surface area contributed by atoms with E-state index < -0.39 is 0 Å². The van der Waals surface area contributed by atoms with Crippen molar-refractivity contribution in [2.24, 2.45) is 0 Å². The molecule has 0 saturated carbocycles. The number of amides is 1. The van der Waals surface area contributed by atoms with Crippen molar-refractivity contribution in [3.05, 3.63) is 72.6 Å². The van der Waals surface area contributed by atoms with E-state index in [0.29, 0.717) is 5.56 Å². The van der Waals surface area contributed by atoms with E-state index in [9.17, 15) is 4.79 Å². The fourth-order valence-corrected chi connectivity index (χ4v) is 2.34. The van der Waals surface area contributed by atoms with Crippen LogP contribution in [0.4, 0.5) is 0 Å². The van der Waals surface area contributed by atoms with Crippen molar-refractivity contribution in [2.75, 3.05) is 7.05 Å². The van der Waals surface area contributed by atoms with E-state index in [0.717, 1.165) is 11.3 Å². The summed E-state index contributed by atoms with van der Waals surface area (Å²) in [6, 6.07) is 11.3. The fraction of sp³-hybridized carbons (Fsp3) is 0.176. The average Bonchev–Trinajstić information content (AvgIpc) is 3.15. The predicted molar refractivity (Wildman–Crippen MR) is 86.1 cm³/mol. The Balaban J connectivity index is 1.77. The third kappa shape index (κ3) is 3.11. The lowest BCUT2D eigenvalue weighted by molar-refractivity contribution is 0.0742. The van der Waals surface area contributed by atoms with Gasteiger partial charge in [0.25, 0.3) is 5.91 Å². The topological polar surface area (TPSA) is 63.9 Å². The lowest BCUT2D eigenvalue weighted by Crippen LogP contribution is -2.29. The third-order valence-electron chi connectivity index (χ3n) is 3.89. The Kier molecular flexibility index (Phi) is 4.14. The maximum Gasteiger partial charge on any atom is 0.254 e. The van der Waals surface area contributed by atoms with E-state index in [1.54, 1.807) is 47.5 Å². The molecule has 0 N–H and O–H groups in total. The van der Waals surface area contributed by atoms with Crippen LogP contribution in [-0.4, -0.2) is 37.6 Å². The molecule has 1 aromatic carbocycles. The molecule has 2 aromatic heterocycles. The van der Waals surface area contributed by atoms with Crippen LogP contribution < -0.4 is 0 Å². The van der Waals surface area contributed by atoms with Crippen molar-refractivity contribution in [1.82, 2.24) is 24.6 Å². The quantitative estimate of drug-likeness (QED) is 0.743. The third-order valence-corrected chi connectivity index (χ3v) is 3.89. The summed E-state index contributed by atoms with van der Waals surface area (Å²) in [6.45, 7) is 2.00. The normalized spacial score (nSPS) is 11.9. The largest absolute Gasteiger partial charge is 0.335 e. The summed E-state index contributed by atoms with van der Waals surface area (Å²) in [5.41, 5.74) is 2.62. The molecule has 0 radical (unpaired) electrons. The van der Waals surface area contributed by atoms with E-state index in [-0.39, 0.29) is 11.9 Å². The summed E-state index contributed by atoms with van der Waals surface area (Å²) >= 11 is 0. The monoisotopic (exact) mass is 307 g/mol. The predicted octanol–water partition coefficient (Wildman–Crippen LogP) is 2.50. The number of hydrogen-bond acceptors (Lipinski definition) is 4. The molecular formula is C17H17N5O. The number of hydrogen-bond donors (Lipinski definition) is 0. The second-order valence-corrected chi connectivity index (χ2v) is 5.26. The lowest BCUT2D eigenvalue weighted by Gasteiger charge is -2.25. The molecular weight excluding hydrogens is 290 g/mol. The van der Waals surface area contributed by atoms with Gasteiger partial charge in [-0.1, -0.05) is 12.1 Å². The molecule has 3 aromatic rings. The molecule has 3 rings (SSSR count). The van der Waals surface area contributed by atoms with Gasteiger partial charge in [0.15, 0.2) is 0 Å². The molecule has 23 heavy (non-hydrogen) atoms. The first kappa shape index (κ1) is 14.9. The number of benzene rings is 1. The minimum atomic E-state index is -0.0412. The van der Waals surface area contributed by atoms with Crippen LogP contribution in [0.1, 0.15) is 28.9 Å². The number of carbonyl (C=O) groups is 1. The minimum absolute atomic E-state index is 0.0275. The highest BCUT2D eigenvalue weighted by Gasteiger charge is 2.18. The summed E-state index contributed by atoms with van der Waals surface area (Å²) in [7, 11) is 1.80. The van der Waals surface area contributed by atoms with Crippen LogP contribution in [0.15, 0.2) is 61.4 Å². The zero-order valence-electron chi connectivity index (χ0n) is 13.0. The smallest absolute Gasteiger partial charge is 0.254 e. The Hall–Kier alpha value is -3.02. The molecule has 0 aliphatic carbocycles. The summed E-state index contributed by atoms with van der Waals surface area (Å²) < 4.78 is 1.69. The maximum absolute atomic E-state index is 12.5. The van der Waals surface area contributed by atoms with E-state index in [1.807, 2.05) is 31.2 Å². The Labute approximate surface area is 134 Å². The van der Waals surface area contributed by atoms with E-state index >= 15 is 0 Å². The molecule has 6 heteroatoms. The minimum Gasteiger partial charge on any atom is -0.335 e. The highest BCUT2D eigenvalue weighted by molar-refractivity contribution is 5.94. The molecule has 0 unspecified atom stereocenters. The summed E-state index contributed by atoms with van der Waals surface area (Å²) in [5, 5.41) is 4.10. The van der Waals surface area contributed by atoms with Gasteiger partial charge in [-0.05, 0) is 36.8 Å². The first-order chi connectivity index (χ1) is 11.2. The van der Waals surface area contributed by atoms with Gasteiger partial charge in [-0.3, -0.25) is 9.78 Å². The zero-order chi connectivity index (χ0) is 16.2. The van der Waals surface area contributed by atoms with Gasteiger partial charge < -0.3 is 4.90 Å². The molecule has 0 aliphatic rings. The number of nitrogens with zero attached hydrogens (tertiary/aromatic N) is 5. The summed E-state index contributed by atoms with van der Waals surface area (Å²) in [4.78, 5) is 22.1. The van der Waals surface area contributed by atoms with Crippen LogP contribution in [0.3, 0.4) is 0 Å². The Morgan fingerprint density at radius 2 is 1.78 bits per heavy atom. The first-order valence-electron chi connectivity index (χ1n) is 7.29. The van der Waals surface area contributed by atoms with Crippen molar-refractivity contribution in [2.45, 2.75) is 13.0 Å². The number of carbonyl (C=O) groups excluding carboxylic acids is 1. The highest BCUT2D eigenvalue weighted by Crippen LogP contribution is 2.21. The van der Waals surface area contributed by atoms with Gasteiger partial charge >= 0.3 is 0 Å². The Morgan fingerprint density at radius 1 is 1.09 bits per heavy atom. The van der Waals surface area contributed by atoms with Gasteiger partial charge in [-0.15, -0.1) is 0 Å². The Morgan fingerprint density at radius 3 is 2.39 bits per heavy atom. The number of pyridine rings is 1. The van der Waals surface area contributed by atoms with Crippen LogP contribution in [0, 0.1) is 0 Å². The molecule has 0 fully saturated rings. The van der Waals surface area contributed by atoms with Crippen molar-refractivity contribution in [3.63, 3.8) is 0 Å². The van der Waals surface area contributed by atoms with Crippen LogP contribution in [0.2, 0.25) is 0 Å². The highest BCUT2D eigenvalue weighted by atomic mass is 16.2. The molecule has 1 amide bonds. The van der Waals surface area contributed by atoms with Crippen LogP contribution in [0.5, 0.6) is 0 Å². The second kappa shape index (κ2) is 6.39. The van der Waals surface area contributed by atoms with Gasteiger partial charge in [0.2, 0.25) is 0 Å². The van der Waals surface area contributed by atoms with Crippen LogP contribution in [0.25, 0.3) is 5.69 Å². The lowest BCUT2D eigenvalue weighted by atomic mass is 10.1. The molecule has 0 aliphatic heterocycles. The first-order valence-corrected chi connectivity index (χ1v) is 7.29. The molecule has 0 saturated heterocycles. The summed E-state index contributed by atoms with van der Waals surface area (Å²) in [6.07, 6.45) is 6.40. The van der Waals surface area contributed by atoms with Crippen molar-refractivity contribution in [1.29, 1.82) is 0 Å². The molecule has 2 heterocycles. The van der Waals surface area contributed by atoms with Crippen LogP contribution in [-0.2, 0) is 0 Å². The second-order valence-electron chi connectivity index (χ2n) is 5.26. The van der Waals surface area contributed by atoms with Gasteiger partial charge in [-0.25, -0.2) is 9.67 Å². The van der Waals surface area contributed by atoms with Gasteiger partial charge in [-0.2, -0.15) is 5.10 Å². The van der Waals surface area contributed by atoms with Crippen molar-refractivity contribution < 1.29 is 4.79 Å². The number of rotatable bonds is 4. The van der Waals surface area contributed by atoms with Gasteiger partial charge in [0.05, 0.1) is 11.7 Å². The standard InChI is InChI=1S/C17H17N5O/c1-13(21(2)17(23)15-7-9-18-10-8-15)14-3-5-16(6-4-14)22-12-19-11-20-22/h3-13H,1-2H3/t13-/m0/s1. The molecule has 0 bridgehead atoms. The van der Waals surface area contributed by atoms with E-state index in [4.69, 9.17) is 0 Å². The summed E-state index contributed by atoms with van der Waals surface area (Å²) in [5.74, 6) is -0.0275.